The lowest BCUT2D eigenvalue weighted by atomic mass is 10.0. The molecule has 1 aromatic heterocycles. The Kier molecular flexibility index (Phi) is 3.88. The van der Waals surface area contributed by atoms with Crippen LogP contribution in [0.5, 0.6) is 5.75 Å². The molecule has 0 radical (unpaired) electrons. The number of rotatable bonds is 3. The first-order valence-electron chi connectivity index (χ1n) is 9.07. The highest BCUT2D eigenvalue weighted by Gasteiger charge is 2.36. The van der Waals surface area contributed by atoms with E-state index in [-0.39, 0.29) is 11.7 Å². The third kappa shape index (κ3) is 2.65. The van der Waals surface area contributed by atoms with Gasteiger partial charge >= 0.3 is 0 Å². The number of amides is 1. The van der Waals surface area contributed by atoms with Crippen molar-refractivity contribution in [3.05, 3.63) is 100 Å². The number of H-pyrrole nitrogens is 1. The van der Waals surface area contributed by atoms with Crippen LogP contribution in [0.4, 0.5) is 0 Å². The minimum absolute atomic E-state index is 0.0568. The van der Waals surface area contributed by atoms with Gasteiger partial charge in [-0.3, -0.25) is 4.79 Å². The summed E-state index contributed by atoms with van der Waals surface area (Å²) in [5.41, 5.74) is 4.09. The molecule has 0 bridgehead atoms. The van der Waals surface area contributed by atoms with Crippen LogP contribution in [0.2, 0.25) is 5.02 Å². The number of para-hydroxylation sites is 1. The number of hydrogen-bond acceptors (Lipinski definition) is 2. The summed E-state index contributed by atoms with van der Waals surface area (Å²) >= 11 is 6.23. The number of aromatic nitrogens is 1. The van der Waals surface area contributed by atoms with Gasteiger partial charge in [0.2, 0.25) is 0 Å². The molecule has 0 aliphatic carbocycles. The second-order valence-corrected chi connectivity index (χ2v) is 7.44. The Balaban J connectivity index is 1.69. The molecule has 0 unspecified atom stereocenters. The van der Waals surface area contributed by atoms with Crippen molar-refractivity contribution in [1.82, 2.24) is 9.88 Å². The molecule has 0 spiro atoms. The summed E-state index contributed by atoms with van der Waals surface area (Å²) in [6.45, 7) is 0.473. The van der Waals surface area contributed by atoms with Crippen molar-refractivity contribution >= 4 is 28.4 Å². The number of carbonyl (C=O) groups is 1. The number of nitrogens with one attached hydrogen (secondary N) is 1. The number of hydrogen-bond donors (Lipinski definition) is 2. The zero-order valence-corrected chi connectivity index (χ0v) is 15.6. The van der Waals surface area contributed by atoms with Crippen LogP contribution in [0.15, 0.2) is 72.8 Å². The summed E-state index contributed by atoms with van der Waals surface area (Å²) in [6.07, 6.45) is 0. The highest BCUT2D eigenvalue weighted by atomic mass is 35.5. The number of halogens is 1. The van der Waals surface area contributed by atoms with E-state index in [2.05, 4.69) is 4.98 Å². The maximum absolute atomic E-state index is 13.2. The molecule has 28 heavy (non-hydrogen) atoms. The maximum Gasteiger partial charge on any atom is 0.255 e. The molecule has 1 aliphatic heterocycles. The van der Waals surface area contributed by atoms with Gasteiger partial charge in [0, 0.05) is 33.9 Å². The fraction of sp³-hybridized carbons (Fsp3) is 0.0870. The van der Waals surface area contributed by atoms with Crippen molar-refractivity contribution in [3.8, 4) is 5.75 Å². The number of aromatic amines is 1. The van der Waals surface area contributed by atoms with Crippen LogP contribution in [0, 0.1) is 0 Å². The molecule has 4 nitrogen and oxygen atoms in total. The molecule has 3 aromatic carbocycles. The van der Waals surface area contributed by atoms with E-state index in [9.17, 15) is 9.90 Å². The standard InChI is InChI=1S/C23H17ClN2O2/c24-16-9-10-21(27)18(12-16)22(20-11-14-5-2-4-8-19(14)25-20)26-13-15-6-1-3-7-17(15)23(26)28/h1-12,22,25,27H,13H2/t22-/m1/s1. The number of nitrogens with zero attached hydrogens (tertiary/aromatic N) is 1. The molecule has 138 valence electrons. The van der Waals surface area contributed by atoms with Crippen molar-refractivity contribution in [1.29, 1.82) is 0 Å². The summed E-state index contributed by atoms with van der Waals surface area (Å²) < 4.78 is 0. The van der Waals surface area contributed by atoms with E-state index in [1.165, 1.54) is 0 Å². The van der Waals surface area contributed by atoms with Gasteiger partial charge in [0.1, 0.15) is 11.8 Å². The molecule has 1 amide bonds. The van der Waals surface area contributed by atoms with Crippen LogP contribution < -0.4 is 0 Å². The number of aromatic hydroxyl groups is 1. The smallest absolute Gasteiger partial charge is 0.255 e. The van der Waals surface area contributed by atoms with Crippen LogP contribution in [0.25, 0.3) is 10.9 Å². The Morgan fingerprint density at radius 2 is 1.79 bits per heavy atom. The van der Waals surface area contributed by atoms with Gasteiger partial charge in [0.05, 0.1) is 0 Å². The average Bonchev–Trinajstić information content (AvgIpc) is 3.27. The highest BCUT2D eigenvalue weighted by molar-refractivity contribution is 6.30. The second kappa shape index (κ2) is 6.43. The van der Waals surface area contributed by atoms with E-state index >= 15 is 0 Å². The van der Waals surface area contributed by atoms with Crippen LogP contribution in [0.1, 0.15) is 33.2 Å². The van der Waals surface area contributed by atoms with Crippen molar-refractivity contribution in [2.24, 2.45) is 0 Å². The zero-order chi connectivity index (χ0) is 19.3. The third-order valence-electron chi connectivity index (χ3n) is 5.29. The molecule has 2 heterocycles. The Bertz CT molecular complexity index is 1180. The zero-order valence-electron chi connectivity index (χ0n) is 14.9. The molecular formula is C23H17ClN2O2. The monoisotopic (exact) mass is 388 g/mol. The van der Waals surface area contributed by atoms with E-state index in [1.54, 1.807) is 23.1 Å². The van der Waals surface area contributed by atoms with Crippen LogP contribution in [0.3, 0.4) is 0 Å². The third-order valence-corrected chi connectivity index (χ3v) is 5.53. The molecular weight excluding hydrogens is 372 g/mol. The summed E-state index contributed by atoms with van der Waals surface area (Å²) in [7, 11) is 0. The predicted octanol–water partition coefficient (Wildman–Crippen LogP) is 5.27. The van der Waals surface area contributed by atoms with Gasteiger partial charge in [0.15, 0.2) is 0 Å². The largest absolute Gasteiger partial charge is 0.508 e. The van der Waals surface area contributed by atoms with Crippen molar-refractivity contribution in [3.63, 3.8) is 0 Å². The quantitative estimate of drug-likeness (QED) is 0.502. The van der Waals surface area contributed by atoms with E-state index in [0.717, 1.165) is 22.2 Å². The lowest BCUT2D eigenvalue weighted by molar-refractivity contribution is 0.0727. The molecule has 0 fully saturated rings. The molecule has 1 atom stereocenters. The topological polar surface area (TPSA) is 56.3 Å². The van der Waals surface area contributed by atoms with E-state index < -0.39 is 6.04 Å². The minimum Gasteiger partial charge on any atom is -0.508 e. The average molecular weight is 389 g/mol. The molecule has 5 rings (SSSR count). The fourth-order valence-electron chi connectivity index (χ4n) is 3.98. The fourth-order valence-corrected chi connectivity index (χ4v) is 4.16. The molecule has 0 saturated heterocycles. The second-order valence-electron chi connectivity index (χ2n) is 7.01. The van der Waals surface area contributed by atoms with Gasteiger partial charge in [-0.25, -0.2) is 0 Å². The molecule has 2 N–H and O–H groups in total. The summed E-state index contributed by atoms with van der Waals surface area (Å²) in [6, 6.07) is 22.0. The SMILES string of the molecule is O=C1c2ccccc2CN1[C@@H](c1cc2ccccc2[nH]1)c1cc(Cl)ccc1O. The van der Waals surface area contributed by atoms with Gasteiger partial charge in [0.25, 0.3) is 5.91 Å². The Labute approximate surface area is 167 Å². The number of benzene rings is 3. The first kappa shape index (κ1) is 16.9. The van der Waals surface area contributed by atoms with Gasteiger partial charge in [-0.2, -0.15) is 0 Å². The molecule has 4 aromatic rings. The molecule has 0 saturated carbocycles. The van der Waals surface area contributed by atoms with Crippen molar-refractivity contribution < 1.29 is 9.90 Å². The number of carbonyl (C=O) groups excluding carboxylic acids is 1. The lowest BCUT2D eigenvalue weighted by Gasteiger charge is -2.28. The van der Waals surface area contributed by atoms with Gasteiger partial charge in [-0.05, 0) is 47.3 Å². The Hall–Kier alpha value is -3.24. The van der Waals surface area contributed by atoms with Gasteiger partial charge in [-0.15, -0.1) is 0 Å². The molecule has 1 aliphatic rings. The van der Waals surface area contributed by atoms with Crippen molar-refractivity contribution in [2.75, 3.05) is 0 Å². The number of phenols is 1. The van der Waals surface area contributed by atoms with E-state index in [0.29, 0.717) is 22.7 Å². The van der Waals surface area contributed by atoms with E-state index in [4.69, 9.17) is 11.6 Å². The van der Waals surface area contributed by atoms with Gasteiger partial charge < -0.3 is 15.0 Å². The maximum atomic E-state index is 13.2. The Morgan fingerprint density at radius 3 is 2.61 bits per heavy atom. The first-order chi connectivity index (χ1) is 13.6. The van der Waals surface area contributed by atoms with Crippen LogP contribution in [-0.2, 0) is 6.54 Å². The van der Waals surface area contributed by atoms with E-state index in [1.807, 2.05) is 54.6 Å². The molecule has 5 heteroatoms. The predicted molar refractivity (Wildman–Crippen MR) is 110 cm³/mol. The van der Waals surface area contributed by atoms with Crippen molar-refractivity contribution in [2.45, 2.75) is 12.6 Å². The minimum atomic E-state index is -0.481. The highest BCUT2D eigenvalue weighted by Crippen LogP contribution is 2.40. The summed E-state index contributed by atoms with van der Waals surface area (Å²) in [5.74, 6) is 0.0513. The summed E-state index contributed by atoms with van der Waals surface area (Å²) in [4.78, 5) is 18.4. The lowest BCUT2D eigenvalue weighted by Crippen LogP contribution is -2.30. The number of fused-ring (bicyclic) bond motifs is 2. The summed E-state index contributed by atoms with van der Waals surface area (Å²) in [5, 5.41) is 12.2. The first-order valence-corrected chi connectivity index (χ1v) is 9.44. The number of phenolic OH excluding ortho intramolecular Hbond substituents is 1. The Morgan fingerprint density at radius 1 is 1.00 bits per heavy atom. The van der Waals surface area contributed by atoms with Crippen LogP contribution in [-0.4, -0.2) is 20.9 Å². The normalized spacial score (nSPS) is 14.5. The van der Waals surface area contributed by atoms with Crippen LogP contribution >= 0.6 is 11.6 Å². The van der Waals surface area contributed by atoms with Gasteiger partial charge in [-0.1, -0.05) is 48.0 Å².